The van der Waals surface area contributed by atoms with E-state index in [0.717, 1.165) is 51.4 Å². The minimum absolute atomic E-state index is 0.205. The Hall–Kier alpha value is -1.27. The Bertz CT molecular complexity index is 1330. The van der Waals surface area contributed by atoms with Crippen LogP contribution in [0.5, 0.6) is 0 Å². The molecule has 450 valence electrons. The predicted octanol–water partition coefficient (Wildman–Crippen LogP) is 11.5. The molecule has 1 amide bonds. The second kappa shape index (κ2) is 48.4. The fraction of sp³-hybridized carbons (Fsp3) is 0.952. The molecule has 0 aromatic carbocycles. The molecule has 0 spiro atoms. The Labute approximate surface area is 463 Å². The van der Waals surface area contributed by atoms with Crippen LogP contribution in [-0.4, -0.2) is 140 Å². The van der Waals surface area contributed by atoms with Gasteiger partial charge >= 0.3 is 0 Å². The summed E-state index contributed by atoms with van der Waals surface area (Å²) in [6, 6.07) is -0.821. The molecule has 9 N–H and O–H groups in total. The van der Waals surface area contributed by atoms with Crippen LogP contribution in [0.25, 0.3) is 0 Å². The van der Waals surface area contributed by atoms with Gasteiger partial charge < -0.3 is 65.1 Å². The Balaban J connectivity index is 1.52. The maximum Gasteiger partial charge on any atom is 0.220 e. The number of unbranched alkanes of at least 4 members (excludes halogenated alkanes) is 37. The van der Waals surface area contributed by atoms with Crippen LogP contribution in [0.4, 0.5) is 0 Å². The van der Waals surface area contributed by atoms with E-state index in [4.69, 9.17) is 18.9 Å². The molecule has 14 nitrogen and oxygen atoms in total. The van der Waals surface area contributed by atoms with Gasteiger partial charge in [-0.05, 0) is 38.5 Å². The monoisotopic (exact) mass is 1090 g/mol. The highest BCUT2D eigenvalue weighted by molar-refractivity contribution is 5.76. The lowest BCUT2D eigenvalue weighted by Crippen LogP contribution is -2.65. The van der Waals surface area contributed by atoms with E-state index in [1.807, 2.05) is 0 Å². The largest absolute Gasteiger partial charge is 0.394 e. The van der Waals surface area contributed by atoms with Crippen molar-refractivity contribution in [3.8, 4) is 0 Å². The number of aliphatic hydroxyl groups is 8. The lowest BCUT2D eigenvalue weighted by atomic mass is 9.97. The Kier molecular flexibility index (Phi) is 45.1. The first-order valence-electron chi connectivity index (χ1n) is 31.9. The highest BCUT2D eigenvalue weighted by Crippen LogP contribution is 2.30. The number of hydrogen-bond acceptors (Lipinski definition) is 13. The molecular weight excluding hydrogens is 967 g/mol. The van der Waals surface area contributed by atoms with Gasteiger partial charge in [0.15, 0.2) is 12.6 Å². The van der Waals surface area contributed by atoms with Gasteiger partial charge in [0.2, 0.25) is 5.91 Å². The number of carbonyl (C=O) groups excluding carboxylic acids is 1. The zero-order valence-corrected chi connectivity index (χ0v) is 48.5. The van der Waals surface area contributed by atoms with Crippen LogP contribution in [0.3, 0.4) is 0 Å². The highest BCUT2D eigenvalue weighted by atomic mass is 16.7. The van der Waals surface area contributed by atoms with E-state index in [1.165, 1.54) is 205 Å². The molecule has 12 atom stereocenters. The van der Waals surface area contributed by atoms with Gasteiger partial charge in [0.05, 0.1) is 32.0 Å². The first kappa shape index (κ1) is 70.8. The summed E-state index contributed by atoms with van der Waals surface area (Å²) in [7, 11) is 0. The summed E-state index contributed by atoms with van der Waals surface area (Å²) in [4.78, 5) is 13.2. The van der Waals surface area contributed by atoms with Gasteiger partial charge in [-0.2, -0.15) is 0 Å². The van der Waals surface area contributed by atoms with Crippen molar-refractivity contribution in [3.63, 3.8) is 0 Å². The number of rotatable bonds is 52. The maximum atomic E-state index is 13.2. The van der Waals surface area contributed by atoms with E-state index in [0.29, 0.717) is 12.8 Å². The fourth-order valence-corrected chi connectivity index (χ4v) is 10.8. The lowest BCUT2D eigenvalue weighted by molar-refractivity contribution is -0.359. The smallest absolute Gasteiger partial charge is 0.220 e. The number of aliphatic hydroxyl groups excluding tert-OH is 8. The molecule has 0 radical (unpaired) electrons. The standard InChI is InChI=1S/C62H119NO13/c1-3-5-7-9-11-12-13-14-15-16-17-18-19-20-21-22-23-24-25-26-27-28-29-30-31-32-33-34-35-36-37-38-40-42-44-46-54(67)63-50(51(66)45-43-41-39-10-8-6-4-2)49-73-61-59(72)57(70)60(53(48-65)75-61)76-62-58(71)56(69)55(68)52(47-64)74-62/h16-17,50-53,55-62,64-66,68-72H,3-15,18-49H2,1-2H3,(H,63,67)/b17-16-. The molecular formula is C62H119NO13. The minimum Gasteiger partial charge on any atom is -0.394 e. The average Bonchev–Trinajstić information content (AvgIpc) is 3.42. The quantitative estimate of drug-likeness (QED) is 0.0204. The van der Waals surface area contributed by atoms with Gasteiger partial charge in [0, 0.05) is 6.42 Å². The van der Waals surface area contributed by atoms with E-state index in [9.17, 15) is 45.6 Å². The summed E-state index contributed by atoms with van der Waals surface area (Å²) in [5, 5.41) is 86.8. The molecule has 2 aliphatic heterocycles. The van der Waals surface area contributed by atoms with E-state index in [2.05, 4.69) is 31.3 Å². The topological polar surface area (TPSA) is 228 Å². The number of ether oxygens (including phenoxy) is 4. The molecule has 0 bridgehead atoms. The lowest BCUT2D eigenvalue weighted by Gasteiger charge is -2.46. The summed E-state index contributed by atoms with van der Waals surface area (Å²) < 4.78 is 22.7. The predicted molar refractivity (Wildman–Crippen MR) is 305 cm³/mol. The zero-order chi connectivity index (χ0) is 55.3. The summed E-state index contributed by atoms with van der Waals surface area (Å²) >= 11 is 0. The van der Waals surface area contributed by atoms with Gasteiger partial charge in [0.1, 0.15) is 48.8 Å². The van der Waals surface area contributed by atoms with E-state index < -0.39 is 86.8 Å². The maximum absolute atomic E-state index is 13.2. The first-order chi connectivity index (χ1) is 37.1. The molecule has 2 aliphatic rings. The Morgan fingerprint density at radius 1 is 0.461 bits per heavy atom. The van der Waals surface area contributed by atoms with Crippen LogP contribution >= 0.6 is 0 Å². The fourth-order valence-electron chi connectivity index (χ4n) is 10.8. The average molecular weight is 1090 g/mol. The summed E-state index contributed by atoms with van der Waals surface area (Å²) in [6.07, 6.45) is 40.1. The number of nitrogens with one attached hydrogen (secondary N) is 1. The molecule has 0 aliphatic carbocycles. The van der Waals surface area contributed by atoms with Crippen LogP contribution in [0.2, 0.25) is 0 Å². The molecule has 12 unspecified atom stereocenters. The van der Waals surface area contributed by atoms with Crippen LogP contribution in [0.1, 0.15) is 284 Å². The van der Waals surface area contributed by atoms with Crippen LogP contribution in [0.15, 0.2) is 12.2 Å². The molecule has 0 saturated carbocycles. The second-order valence-corrected chi connectivity index (χ2v) is 22.9. The summed E-state index contributed by atoms with van der Waals surface area (Å²) in [5.74, 6) is -0.205. The minimum atomic E-state index is -1.78. The molecule has 2 saturated heterocycles. The van der Waals surface area contributed by atoms with Crippen LogP contribution in [-0.2, 0) is 23.7 Å². The van der Waals surface area contributed by atoms with Crippen molar-refractivity contribution in [2.75, 3.05) is 19.8 Å². The van der Waals surface area contributed by atoms with Crippen molar-refractivity contribution >= 4 is 5.91 Å². The van der Waals surface area contributed by atoms with Gasteiger partial charge in [0.25, 0.3) is 0 Å². The third-order valence-electron chi connectivity index (χ3n) is 16.0. The summed E-state index contributed by atoms with van der Waals surface area (Å²) in [6.45, 7) is 2.82. The number of amides is 1. The van der Waals surface area contributed by atoms with Crippen molar-refractivity contribution in [1.29, 1.82) is 0 Å². The highest BCUT2D eigenvalue weighted by Gasteiger charge is 2.51. The molecule has 2 fully saturated rings. The van der Waals surface area contributed by atoms with Crippen molar-refractivity contribution in [2.24, 2.45) is 0 Å². The Morgan fingerprint density at radius 2 is 0.829 bits per heavy atom. The van der Waals surface area contributed by atoms with Crippen LogP contribution in [0, 0.1) is 0 Å². The molecule has 14 heteroatoms. The number of allylic oxidation sites excluding steroid dienone is 2. The van der Waals surface area contributed by atoms with Crippen molar-refractivity contribution < 1.29 is 64.6 Å². The summed E-state index contributed by atoms with van der Waals surface area (Å²) in [5.41, 5.74) is 0. The van der Waals surface area contributed by atoms with Crippen molar-refractivity contribution in [3.05, 3.63) is 12.2 Å². The number of carbonyl (C=O) groups is 1. The van der Waals surface area contributed by atoms with Gasteiger partial charge in [-0.25, -0.2) is 0 Å². The number of hydrogen-bond donors (Lipinski definition) is 9. The Morgan fingerprint density at radius 3 is 1.25 bits per heavy atom. The second-order valence-electron chi connectivity index (χ2n) is 22.9. The first-order valence-corrected chi connectivity index (χ1v) is 31.9. The SMILES string of the molecule is CCCCCCCCCC/C=C\CCCCCCCCCCCCCCCCCCCCCCCCCC(=O)NC(COC1OC(CO)C(OC2OC(CO)C(O)C(O)C2O)C(O)C1O)C(O)CCCCCCCCC. The van der Waals surface area contributed by atoms with Crippen LogP contribution < -0.4 is 5.32 Å². The molecule has 2 heterocycles. The molecule has 0 aromatic heterocycles. The van der Waals surface area contributed by atoms with Crippen molar-refractivity contribution in [2.45, 2.75) is 357 Å². The van der Waals surface area contributed by atoms with E-state index in [1.54, 1.807) is 0 Å². The molecule has 2 rings (SSSR count). The molecule has 0 aromatic rings. The van der Waals surface area contributed by atoms with Gasteiger partial charge in [-0.1, -0.05) is 251 Å². The molecule has 76 heavy (non-hydrogen) atoms. The normalized spacial score (nSPS) is 24.9. The zero-order valence-electron chi connectivity index (χ0n) is 48.5. The van der Waals surface area contributed by atoms with Crippen molar-refractivity contribution in [1.82, 2.24) is 5.32 Å². The van der Waals surface area contributed by atoms with E-state index >= 15 is 0 Å². The van der Waals surface area contributed by atoms with Gasteiger partial charge in [-0.15, -0.1) is 0 Å². The third-order valence-corrected chi connectivity index (χ3v) is 16.0. The van der Waals surface area contributed by atoms with Gasteiger partial charge in [-0.3, -0.25) is 4.79 Å². The van der Waals surface area contributed by atoms with E-state index in [-0.39, 0.29) is 12.5 Å². The third kappa shape index (κ3) is 33.5.